The summed E-state index contributed by atoms with van der Waals surface area (Å²) in [5, 5.41) is 4.26. The van der Waals surface area contributed by atoms with Crippen molar-refractivity contribution in [3.63, 3.8) is 0 Å². The molecule has 5 rings (SSSR count). The van der Waals surface area contributed by atoms with E-state index in [2.05, 4.69) is 39.7 Å². The highest BCUT2D eigenvalue weighted by molar-refractivity contribution is 7.80. The number of aromatic nitrogens is 2. The highest BCUT2D eigenvalue weighted by Crippen LogP contribution is 2.41. The number of pyridine rings is 1. The van der Waals surface area contributed by atoms with E-state index in [4.69, 9.17) is 17.0 Å². The first-order chi connectivity index (χ1) is 15.5. The third kappa shape index (κ3) is 3.80. The summed E-state index contributed by atoms with van der Waals surface area (Å²) in [6, 6.07) is 14.8. The predicted molar refractivity (Wildman–Crippen MR) is 126 cm³/mol. The van der Waals surface area contributed by atoms with Gasteiger partial charge in [0, 0.05) is 36.4 Å². The van der Waals surface area contributed by atoms with Crippen molar-refractivity contribution < 1.29 is 9.13 Å². The molecule has 0 aliphatic carbocycles. The third-order valence-corrected chi connectivity index (χ3v) is 6.85. The fourth-order valence-electron chi connectivity index (χ4n) is 5.02. The van der Waals surface area contributed by atoms with Crippen LogP contribution in [0.2, 0.25) is 0 Å². The molecule has 7 heteroatoms. The maximum absolute atomic E-state index is 13.5. The molecule has 0 spiro atoms. The average Bonchev–Trinajstić information content (AvgIpc) is 3.49. The number of halogens is 1. The second-order valence-corrected chi connectivity index (χ2v) is 8.94. The standard InChI is InChI=1S/C25H27FN4OS/c1-16-14-21(17(2)30(16)19-10-8-18(26)9-11-19)24-23(22-7-3-4-12-27-22)28-25(32)29(24)15-20-6-5-13-31-20/h3-4,7-12,14,20,23-24H,5-6,13,15H2,1-2H3,(H,28,32)/t20-,23+,24+/m0/s1. The van der Waals surface area contributed by atoms with Crippen LogP contribution in [0, 0.1) is 19.7 Å². The van der Waals surface area contributed by atoms with Gasteiger partial charge in [0.05, 0.1) is 23.9 Å². The van der Waals surface area contributed by atoms with Crippen LogP contribution in [0.15, 0.2) is 54.7 Å². The lowest BCUT2D eigenvalue weighted by Crippen LogP contribution is -2.36. The number of thiocarbonyl (C=S) groups is 1. The molecule has 166 valence electrons. The molecule has 0 radical (unpaired) electrons. The Balaban J connectivity index is 1.58. The Bertz CT molecular complexity index is 1110. The fraction of sp³-hybridized carbons (Fsp3) is 0.360. The Morgan fingerprint density at radius 1 is 1.19 bits per heavy atom. The Morgan fingerprint density at radius 2 is 2.00 bits per heavy atom. The number of aryl methyl sites for hydroxylation is 1. The molecule has 0 saturated carbocycles. The molecule has 2 aliphatic heterocycles. The van der Waals surface area contributed by atoms with Gasteiger partial charge in [-0.2, -0.15) is 0 Å². The Morgan fingerprint density at radius 3 is 2.69 bits per heavy atom. The largest absolute Gasteiger partial charge is 0.376 e. The molecule has 2 aliphatic rings. The molecule has 2 aromatic heterocycles. The van der Waals surface area contributed by atoms with Crippen molar-refractivity contribution in [3.8, 4) is 5.69 Å². The predicted octanol–water partition coefficient (Wildman–Crippen LogP) is 4.78. The van der Waals surface area contributed by atoms with Crippen LogP contribution in [0.4, 0.5) is 4.39 Å². The van der Waals surface area contributed by atoms with Gasteiger partial charge >= 0.3 is 0 Å². The molecule has 0 amide bonds. The van der Waals surface area contributed by atoms with Crippen LogP contribution in [0.1, 0.15) is 47.6 Å². The molecule has 2 saturated heterocycles. The lowest BCUT2D eigenvalue weighted by Gasteiger charge is -2.30. The van der Waals surface area contributed by atoms with Crippen LogP contribution in [0.25, 0.3) is 5.69 Å². The van der Waals surface area contributed by atoms with E-state index in [0.717, 1.165) is 53.9 Å². The van der Waals surface area contributed by atoms with Crippen molar-refractivity contribution in [2.45, 2.75) is 44.9 Å². The maximum Gasteiger partial charge on any atom is 0.170 e. The maximum atomic E-state index is 13.5. The number of benzene rings is 1. The van der Waals surface area contributed by atoms with E-state index in [9.17, 15) is 4.39 Å². The molecule has 0 bridgehead atoms. The van der Waals surface area contributed by atoms with E-state index in [1.54, 1.807) is 0 Å². The molecule has 2 fully saturated rings. The lowest BCUT2D eigenvalue weighted by molar-refractivity contribution is 0.0842. The monoisotopic (exact) mass is 450 g/mol. The van der Waals surface area contributed by atoms with E-state index in [1.165, 1.54) is 17.7 Å². The van der Waals surface area contributed by atoms with Crippen molar-refractivity contribution >= 4 is 17.3 Å². The zero-order valence-corrected chi connectivity index (χ0v) is 19.1. The molecular weight excluding hydrogens is 423 g/mol. The lowest BCUT2D eigenvalue weighted by atomic mass is 9.96. The zero-order chi connectivity index (χ0) is 22.2. The van der Waals surface area contributed by atoms with Gasteiger partial charge in [-0.15, -0.1) is 0 Å². The average molecular weight is 451 g/mol. The summed E-state index contributed by atoms with van der Waals surface area (Å²) in [5.74, 6) is -0.236. The smallest absolute Gasteiger partial charge is 0.170 e. The van der Waals surface area contributed by atoms with Gasteiger partial charge in [0.1, 0.15) is 5.82 Å². The van der Waals surface area contributed by atoms with E-state index in [-0.39, 0.29) is 24.0 Å². The number of hydrogen-bond donors (Lipinski definition) is 1. The summed E-state index contributed by atoms with van der Waals surface area (Å²) < 4.78 is 21.6. The minimum Gasteiger partial charge on any atom is -0.376 e. The van der Waals surface area contributed by atoms with Gasteiger partial charge in [-0.3, -0.25) is 4.98 Å². The SMILES string of the molecule is Cc1cc([C@@H]2[C@@H](c3ccccn3)NC(=S)N2C[C@@H]2CCCO2)c(C)n1-c1ccc(F)cc1. The number of nitrogens with zero attached hydrogens (tertiary/aromatic N) is 3. The summed E-state index contributed by atoms with van der Waals surface area (Å²) in [7, 11) is 0. The number of hydrogen-bond acceptors (Lipinski definition) is 3. The normalized spacial score (nSPS) is 23.0. The number of nitrogens with one attached hydrogen (secondary N) is 1. The van der Waals surface area contributed by atoms with Crippen LogP contribution in [-0.2, 0) is 4.74 Å². The van der Waals surface area contributed by atoms with Gasteiger partial charge in [-0.1, -0.05) is 6.07 Å². The van der Waals surface area contributed by atoms with Gasteiger partial charge in [0.2, 0.25) is 0 Å². The summed E-state index contributed by atoms with van der Waals surface area (Å²) in [6.45, 7) is 5.76. The zero-order valence-electron chi connectivity index (χ0n) is 18.3. The quantitative estimate of drug-likeness (QED) is 0.567. The molecular formula is C25H27FN4OS. The molecule has 1 N–H and O–H groups in total. The first-order valence-corrected chi connectivity index (χ1v) is 11.5. The van der Waals surface area contributed by atoms with Crippen molar-refractivity contribution in [2.75, 3.05) is 13.2 Å². The summed E-state index contributed by atoms with van der Waals surface area (Å²) in [6.07, 6.45) is 4.14. The molecule has 0 unspecified atom stereocenters. The summed E-state index contributed by atoms with van der Waals surface area (Å²) in [5.41, 5.74) is 5.30. The van der Waals surface area contributed by atoms with Crippen LogP contribution in [0.3, 0.4) is 0 Å². The van der Waals surface area contributed by atoms with Crippen LogP contribution < -0.4 is 5.32 Å². The third-order valence-electron chi connectivity index (χ3n) is 6.50. The first-order valence-electron chi connectivity index (χ1n) is 11.1. The molecule has 4 heterocycles. The molecule has 32 heavy (non-hydrogen) atoms. The Hall–Kier alpha value is -2.77. The molecule has 3 aromatic rings. The van der Waals surface area contributed by atoms with E-state index in [0.29, 0.717) is 0 Å². The van der Waals surface area contributed by atoms with Gasteiger partial charge in [0.15, 0.2) is 5.11 Å². The molecule has 3 atom stereocenters. The Labute approximate surface area is 193 Å². The van der Waals surface area contributed by atoms with E-state index >= 15 is 0 Å². The van der Waals surface area contributed by atoms with E-state index < -0.39 is 0 Å². The number of rotatable bonds is 5. The van der Waals surface area contributed by atoms with Gasteiger partial charge < -0.3 is 19.5 Å². The molecule has 5 nitrogen and oxygen atoms in total. The fourth-order valence-corrected chi connectivity index (χ4v) is 5.34. The van der Waals surface area contributed by atoms with Crippen molar-refractivity contribution in [1.82, 2.24) is 19.8 Å². The highest BCUT2D eigenvalue weighted by Gasteiger charge is 2.42. The van der Waals surface area contributed by atoms with E-state index in [1.807, 2.05) is 36.5 Å². The van der Waals surface area contributed by atoms with Crippen molar-refractivity contribution in [2.24, 2.45) is 0 Å². The van der Waals surface area contributed by atoms with Gasteiger partial charge in [-0.05, 0) is 86.9 Å². The van der Waals surface area contributed by atoms with Gasteiger partial charge in [0.25, 0.3) is 0 Å². The Kier molecular flexibility index (Phi) is 5.69. The minimum atomic E-state index is -0.236. The number of ether oxygens (including phenoxy) is 1. The van der Waals surface area contributed by atoms with Crippen molar-refractivity contribution in [3.05, 3.63) is 83.2 Å². The molecule has 1 aromatic carbocycles. The second-order valence-electron chi connectivity index (χ2n) is 8.55. The van der Waals surface area contributed by atoms with Crippen LogP contribution >= 0.6 is 12.2 Å². The van der Waals surface area contributed by atoms with Crippen LogP contribution in [0.5, 0.6) is 0 Å². The van der Waals surface area contributed by atoms with Gasteiger partial charge in [-0.25, -0.2) is 4.39 Å². The minimum absolute atomic E-state index is 0.0120. The summed E-state index contributed by atoms with van der Waals surface area (Å²) in [4.78, 5) is 6.90. The van der Waals surface area contributed by atoms with Crippen LogP contribution in [-0.4, -0.2) is 38.8 Å². The first kappa shape index (κ1) is 21.1. The van der Waals surface area contributed by atoms with Crippen molar-refractivity contribution in [1.29, 1.82) is 0 Å². The highest BCUT2D eigenvalue weighted by atomic mass is 32.1. The second kappa shape index (κ2) is 8.64. The summed E-state index contributed by atoms with van der Waals surface area (Å²) >= 11 is 5.80. The topological polar surface area (TPSA) is 42.3 Å².